The number of piperidine rings is 1. The van der Waals surface area contributed by atoms with Gasteiger partial charge in [0.25, 0.3) is 0 Å². The van der Waals surface area contributed by atoms with Gasteiger partial charge in [-0.1, -0.05) is 18.2 Å². The van der Waals surface area contributed by atoms with Crippen molar-refractivity contribution in [1.29, 1.82) is 0 Å². The van der Waals surface area contributed by atoms with Gasteiger partial charge in [-0.3, -0.25) is 9.69 Å². The van der Waals surface area contributed by atoms with Gasteiger partial charge in [0, 0.05) is 19.0 Å². The highest BCUT2D eigenvalue weighted by Crippen LogP contribution is 2.32. The molecule has 0 saturated carbocycles. The van der Waals surface area contributed by atoms with Crippen molar-refractivity contribution >= 4 is 17.0 Å². The molecule has 3 aromatic rings. The van der Waals surface area contributed by atoms with Gasteiger partial charge in [-0.15, -0.1) is 0 Å². The topological polar surface area (TPSA) is 76.8 Å². The lowest BCUT2D eigenvalue weighted by Gasteiger charge is -2.30. The van der Waals surface area contributed by atoms with Crippen molar-refractivity contribution in [1.82, 2.24) is 15.2 Å². The first-order chi connectivity index (χ1) is 14.2. The molecule has 150 valence electrons. The van der Waals surface area contributed by atoms with Crippen molar-refractivity contribution < 1.29 is 18.7 Å². The lowest BCUT2D eigenvalue weighted by molar-refractivity contribution is -0.122. The lowest BCUT2D eigenvalue weighted by atomic mass is 9.98. The molecule has 1 fully saturated rings. The van der Waals surface area contributed by atoms with Gasteiger partial charge in [0.1, 0.15) is 5.52 Å². The number of nitrogens with zero attached hydrogens (tertiary/aromatic N) is 2. The number of benzene rings is 2. The monoisotopic (exact) mass is 393 g/mol. The number of hydrogen-bond donors (Lipinski definition) is 1. The predicted molar refractivity (Wildman–Crippen MR) is 107 cm³/mol. The fraction of sp³-hybridized carbons (Fsp3) is 0.364. The van der Waals surface area contributed by atoms with E-state index in [0.29, 0.717) is 13.1 Å². The summed E-state index contributed by atoms with van der Waals surface area (Å²) >= 11 is 0. The van der Waals surface area contributed by atoms with Crippen LogP contribution in [0.4, 0.5) is 0 Å². The minimum atomic E-state index is 0.0147. The summed E-state index contributed by atoms with van der Waals surface area (Å²) in [5, 5.41) is 3.00. The number of ether oxygens (including phenoxy) is 2. The summed E-state index contributed by atoms with van der Waals surface area (Å²) in [4.78, 5) is 19.3. The summed E-state index contributed by atoms with van der Waals surface area (Å²) in [6.45, 7) is 2.79. The van der Waals surface area contributed by atoms with Crippen molar-refractivity contribution in [3.8, 4) is 11.5 Å². The fourth-order valence-corrected chi connectivity index (χ4v) is 3.98. The van der Waals surface area contributed by atoms with Gasteiger partial charge < -0.3 is 19.2 Å². The van der Waals surface area contributed by atoms with Gasteiger partial charge in [-0.05, 0) is 49.2 Å². The zero-order valence-corrected chi connectivity index (χ0v) is 16.1. The van der Waals surface area contributed by atoms with E-state index in [1.165, 1.54) is 0 Å². The van der Waals surface area contributed by atoms with Crippen LogP contribution in [0, 0.1) is 0 Å². The van der Waals surface area contributed by atoms with Gasteiger partial charge >= 0.3 is 0 Å². The second kappa shape index (κ2) is 7.75. The molecule has 1 unspecified atom stereocenters. The van der Waals surface area contributed by atoms with E-state index in [1.807, 2.05) is 42.5 Å². The van der Waals surface area contributed by atoms with Crippen LogP contribution in [0.2, 0.25) is 0 Å². The molecule has 7 nitrogen and oxygen atoms in total. The smallest absolute Gasteiger partial charge is 0.234 e. The quantitative estimate of drug-likeness (QED) is 0.718. The number of para-hydroxylation sites is 2. The summed E-state index contributed by atoms with van der Waals surface area (Å²) in [6, 6.07) is 13.5. The molecule has 1 amide bonds. The van der Waals surface area contributed by atoms with Crippen LogP contribution in [-0.4, -0.2) is 42.2 Å². The van der Waals surface area contributed by atoms with E-state index in [4.69, 9.17) is 13.9 Å². The van der Waals surface area contributed by atoms with Gasteiger partial charge in [0.2, 0.25) is 12.7 Å². The Morgan fingerprint density at radius 3 is 3.00 bits per heavy atom. The molecule has 0 bridgehead atoms. The summed E-state index contributed by atoms with van der Waals surface area (Å²) in [7, 11) is 0. The first-order valence-electron chi connectivity index (χ1n) is 9.98. The van der Waals surface area contributed by atoms with Crippen LogP contribution in [0.25, 0.3) is 11.1 Å². The Bertz CT molecular complexity index is 999. The van der Waals surface area contributed by atoms with E-state index in [-0.39, 0.29) is 18.6 Å². The Hall–Kier alpha value is -3.06. The second-order valence-corrected chi connectivity index (χ2v) is 7.56. The third-order valence-electron chi connectivity index (χ3n) is 5.46. The Balaban J connectivity index is 1.16. The van der Waals surface area contributed by atoms with Crippen molar-refractivity contribution in [3.05, 3.63) is 53.9 Å². The van der Waals surface area contributed by atoms with Gasteiger partial charge in [0.15, 0.2) is 23.0 Å². The highest BCUT2D eigenvalue weighted by molar-refractivity contribution is 5.78. The molecule has 0 spiro atoms. The van der Waals surface area contributed by atoms with Crippen LogP contribution in [0.5, 0.6) is 11.5 Å². The maximum Gasteiger partial charge on any atom is 0.234 e. The Labute approximate surface area is 168 Å². The lowest BCUT2D eigenvalue weighted by Crippen LogP contribution is -2.41. The van der Waals surface area contributed by atoms with Crippen LogP contribution in [0.1, 0.15) is 30.2 Å². The van der Waals surface area contributed by atoms with E-state index >= 15 is 0 Å². The summed E-state index contributed by atoms with van der Waals surface area (Å²) in [5.74, 6) is 2.49. The molecule has 2 aliphatic heterocycles. The predicted octanol–water partition coefficient (Wildman–Crippen LogP) is 3.05. The molecule has 1 N–H and O–H groups in total. The van der Waals surface area contributed by atoms with Crippen LogP contribution in [-0.2, 0) is 11.3 Å². The molecule has 0 radical (unpaired) electrons. The van der Waals surface area contributed by atoms with E-state index in [0.717, 1.165) is 60.0 Å². The molecule has 1 atom stereocenters. The Kier molecular flexibility index (Phi) is 4.81. The SMILES string of the molecule is O=C(CN1CCCC(c2nc3ccccc3o2)C1)NCc1ccc2c(c1)OCO2. The van der Waals surface area contributed by atoms with Crippen LogP contribution >= 0.6 is 0 Å². The third kappa shape index (κ3) is 3.91. The van der Waals surface area contributed by atoms with Crippen molar-refractivity contribution in [3.63, 3.8) is 0 Å². The minimum absolute atomic E-state index is 0.0147. The van der Waals surface area contributed by atoms with E-state index < -0.39 is 0 Å². The molecule has 5 rings (SSSR count). The third-order valence-corrected chi connectivity index (χ3v) is 5.46. The van der Waals surface area contributed by atoms with E-state index in [1.54, 1.807) is 0 Å². The maximum atomic E-state index is 12.5. The molecular formula is C22H23N3O4. The molecule has 7 heteroatoms. The van der Waals surface area contributed by atoms with Crippen LogP contribution in [0.15, 0.2) is 46.9 Å². The fourth-order valence-electron chi connectivity index (χ4n) is 3.98. The number of amides is 1. The number of hydrogen-bond acceptors (Lipinski definition) is 6. The highest BCUT2D eigenvalue weighted by atomic mass is 16.7. The summed E-state index contributed by atoms with van der Waals surface area (Å²) in [6.07, 6.45) is 2.06. The summed E-state index contributed by atoms with van der Waals surface area (Å²) in [5.41, 5.74) is 2.70. The van der Waals surface area contributed by atoms with E-state index in [2.05, 4.69) is 15.2 Å². The van der Waals surface area contributed by atoms with Crippen LogP contribution in [0.3, 0.4) is 0 Å². The molecule has 1 saturated heterocycles. The second-order valence-electron chi connectivity index (χ2n) is 7.56. The first-order valence-corrected chi connectivity index (χ1v) is 9.98. The van der Waals surface area contributed by atoms with Crippen LogP contribution < -0.4 is 14.8 Å². The normalized spacial score (nSPS) is 18.8. The van der Waals surface area contributed by atoms with Crippen molar-refractivity contribution in [2.75, 3.05) is 26.4 Å². The van der Waals surface area contributed by atoms with E-state index in [9.17, 15) is 4.79 Å². The van der Waals surface area contributed by atoms with Gasteiger partial charge in [-0.2, -0.15) is 0 Å². The zero-order chi connectivity index (χ0) is 19.6. The average Bonchev–Trinajstić information content (AvgIpc) is 3.39. The van der Waals surface area contributed by atoms with Gasteiger partial charge in [-0.25, -0.2) is 4.98 Å². The Morgan fingerprint density at radius 1 is 1.17 bits per heavy atom. The standard InChI is InChI=1S/C22H23N3O4/c26-21(23-11-15-7-8-19-20(10-15)28-14-27-19)13-25-9-3-4-16(12-25)22-24-17-5-1-2-6-18(17)29-22/h1-2,5-8,10,16H,3-4,9,11-14H2,(H,23,26). The highest BCUT2D eigenvalue weighted by Gasteiger charge is 2.26. The average molecular weight is 393 g/mol. The molecule has 0 aliphatic carbocycles. The minimum Gasteiger partial charge on any atom is -0.454 e. The Morgan fingerprint density at radius 2 is 2.07 bits per heavy atom. The number of aromatic nitrogens is 1. The number of fused-ring (bicyclic) bond motifs is 2. The molecule has 2 aromatic carbocycles. The molecular weight excluding hydrogens is 370 g/mol. The molecule has 1 aromatic heterocycles. The van der Waals surface area contributed by atoms with Crippen molar-refractivity contribution in [2.45, 2.75) is 25.3 Å². The molecule has 29 heavy (non-hydrogen) atoms. The summed E-state index contributed by atoms with van der Waals surface area (Å²) < 4.78 is 16.6. The maximum absolute atomic E-state index is 12.5. The number of rotatable bonds is 5. The first kappa shape index (κ1) is 18.0. The van der Waals surface area contributed by atoms with Gasteiger partial charge in [0.05, 0.1) is 6.54 Å². The number of carbonyl (C=O) groups is 1. The number of oxazole rings is 1. The number of likely N-dealkylation sites (tertiary alicyclic amines) is 1. The zero-order valence-electron chi connectivity index (χ0n) is 16.1. The van der Waals surface area contributed by atoms with Crippen molar-refractivity contribution in [2.24, 2.45) is 0 Å². The molecule has 3 heterocycles. The number of carbonyl (C=O) groups excluding carboxylic acids is 1. The number of nitrogens with one attached hydrogen (secondary N) is 1. The molecule has 2 aliphatic rings. The largest absolute Gasteiger partial charge is 0.454 e.